The van der Waals surface area contributed by atoms with Gasteiger partial charge in [0, 0.05) is 12.8 Å². The van der Waals surface area contributed by atoms with E-state index in [0.717, 1.165) is 0 Å². The van der Waals surface area contributed by atoms with Gasteiger partial charge in [0.2, 0.25) is 17.7 Å². The zero-order valence-corrected chi connectivity index (χ0v) is 18.6. The van der Waals surface area contributed by atoms with Crippen molar-refractivity contribution in [2.24, 2.45) is 5.73 Å². The van der Waals surface area contributed by atoms with Gasteiger partial charge in [-0.1, -0.05) is 0 Å². The molecule has 0 fully saturated rings. The second kappa shape index (κ2) is 15.0. The number of nitrogens with one attached hydrogen (secondary N) is 3. The molecule has 0 saturated carbocycles. The van der Waals surface area contributed by atoms with E-state index >= 15 is 0 Å². The topological polar surface area (TPSA) is 225 Å². The van der Waals surface area contributed by atoms with Gasteiger partial charge in [-0.05, 0) is 38.2 Å². The second-order valence-electron chi connectivity index (χ2n) is 6.94. The third-order valence-corrected chi connectivity index (χ3v) is 4.90. The molecule has 0 bridgehead atoms. The molecule has 0 aliphatic carbocycles. The molecule has 182 valence electrons. The van der Waals surface area contributed by atoms with Crippen molar-refractivity contribution in [3.63, 3.8) is 0 Å². The van der Waals surface area contributed by atoms with Gasteiger partial charge in [-0.3, -0.25) is 28.8 Å². The van der Waals surface area contributed by atoms with Crippen LogP contribution in [0.3, 0.4) is 0 Å². The second-order valence-corrected chi connectivity index (χ2v) is 7.93. The molecule has 0 heterocycles. The van der Waals surface area contributed by atoms with Gasteiger partial charge in [-0.2, -0.15) is 11.8 Å². The lowest BCUT2D eigenvalue weighted by molar-refractivity contribution is -0.142. The van der Waals surface area contributed by atoms with E-state index in [9.17, 15) is 28.8 Å². The number of hydrogen-bond donors (Lipinski definition) is 7. The van der Waals surface area contributed by atoms with Crippen molar-refractivity contribution in [1.29, 1.82) is 0 Å². The number of rotatable bonds is 16. The zero-order chi connectivity index (χ0) is 24.8. The summed E-state index contributed by atoms with van der Waals surface area (Å²) in [6, 6.07) is -4.92. The average Bonchev–Trinajstić information content (AvgIpc) is 2.71. The highest BCUT2D eigenvalue weighted by Crippen LogP contribution is 2.06. The molecule has 13 nitrogen and oxygen atoms in total. The molecule has 32 heavy (non-hydrogen) atoms. The maximum atomic E-state index is 12.7. The van der Waals surface area contributed by atoms with Gasteiger partial charge < -0.3 is 37.0 Å². The predicted octanol–water partition coefficient (Wildman–Crippen LogP) is -1.64. The van der Waals surface area contributed by atoms with Crippen LogP contribution in [0.4, 0.5) is 0 Å². The number of carbonyl (C=O) groups is 6. The Morgan fingerprint density at radius 1 is 0.781 bits per heavy atom. The lowest BCUT2D eigenvalue weighted by Gasteiger charge is -2.24. The van der Waals surface area contributed by atoms with E-state index in [1.165, 1.54) is 18.7 Å². The number of aliphatic carboxylic acids is 3. The lowest BCUT2D eigenvalue weighted by Crippen LogP contribution is -2.57. The highest BCUT2D eigenvalue weighted by atomic mass is 32.2. The van der Waals surface area contributed by atoms with Crippen molar-refractivity contribution in [2.45, 2.75) is 63.2 Å². The Balaban J connectivity index is 5.34. The van der Waals surface area contributed by atoms with Crippen LogP contribution in [0.2, 0.25) is 0 Å². The molecule has 0 aliphatic rings. The first-order chi connectivity index (χ1) is 14.9. The van der Waals surface area contributed by atoms with Crippen molar-refractivity contribution >= 4 is 47.4 Å². The van der Waals surface area contributed by atoms with Crippen LogP contribution in [0.15, 0.2) is 0 Å². The first-order valence-corrected chi connectivity index (χ1v) is 11.1. The Morgan fingerprint density at radius 2 is 1.25 bits per heavy atom. The van der Waals surface area contributed by atoms with E-state index in [0.29, 0.717) is 5.75 Å². The molecule has 0 aromatic heterocycles. The summed E-state index contributed by atoms with van der Waals surface area (Å²) in [5.74, 6) is -5.65. The molecule has 14 heteroatoms. The fourth-order valence-electron chi connectivity index (χ4n) is 2.38. The molecule has 0 radical (unpaired) electrons. The van der Waals surface area contributed by atoms with Gasteiger partial charge in [0.05, 0.1) is 6.04 Å². The van der Waals surface area contributed by atoms with Crippen LogP contribution in [0.25, 0.3) is 0 Å². The fourth-order valence-corrected chi connectivity index (χ4v) is 2.85. The molecule has 0 aliphatic heterocycles. The summed E-state index contributed by atoms with van der Waals surface area (Å²) < 4.78 is 0. The molecule has 4 unspecified atom stereocenters. The number of nitrogens with two attached hydrogens (primary N) is 1. The predicted molar refractivity (Wildman–Crippen MR) is 114 cm³/mol. The van der Waals surface area contributed by atoms with Crippen LogP contribution < -0.4 is 21.7 Å². The van der Waals surface area contributed by atoms with Gasteiger partial charge in [0.25, 0.3) is 0 Å². The summed E-state index contributed by atoms with van der Waals surface area (Å²) in [6.45, 7) is 1.25. The molecule has 3 amide bonds. The standard InChI is InChI=1S/C18H30N4O9S/c1-9(18(30)31)20-16(28)12(7-8-32-2)22-17(29)11(4-6-14(25)26)21-15(27)10(19)3-5-13(23)24/h9-12H,3-8,19H2,1-2H3,(H,20,28)(H,21,27)(H,22,29)(H,23,24)(H,25,26)(H,30,31). The van der Waals surface area contributed by atoms with Crippen molar-refractivity contribution in [3.05, 3.63) is 0 Å². The van der Waals surface area contributed by atoms with Gasteiger partial charge in [-0.25, -0.2) is 0 Å². The Morgan fingerprint density at radius 3 is 1.75 bits per heavy atom. The van der Waals surface area contributed by atoms with Crippen molar-refractivity contribution in [2.75, 3.05) is 12.0 Å². The van der Waals surface area contributed by atoms with Crippen molar-refractivity contribution in [3.8, 4) is 0 Å². The normalized spacial score (nSPS) is 14.3. The van der Waals surface area contributed by atoms with Crippen LogP contribution >= 0.6 is 11.8 Å². The summed E-state index contributed by atoms with van der Waals surface area (Å²) in [5.41, 5.74) is 5.62. The van der Waals surface area contributed by atoms with E-state index in [2.05, 4.69) is 16.0 Å². The summed E-state index contributed by atoms with van der Waals surface area (Å²) in [6.07, 6.45) is 0.578. The minimum absolute atomic E-state index is 0.156. The summed E-state index contributed by atoms with van der Waals surface area (Å²) in [7, 11) is 0. The molecule has 0 spiro atoms. The third kappa shape index (κ3) is 12.1. The van der Waals surface area contributed by atoms with Crippen LogP contribution in [-0.2, 0) is 28.8 Å². The minimum Gasteiger partial charge on any atom is -0.481 e. The lowest BCUT2D eigenvalue weighted by atomic mass is 10.1. The number of thioether (sulfide) groups is 1. The Kier molecular flexibility index (Phi) is 13.7. The molecular weight excluding hydrogens is 448 g/mol. The monoisotopic (exact) mass is 478 g/mol. The Bertz CT molecular complexity index is 704. The summed E-state index contributed by atoms with van der Waals surface area (Å²) in [4.78, 5) is 69.9. The molecule has 8 N–H and O–H groups in total. The van der Waals surface area contributed by atoms with E-state index in [1.807, 2.05) is 0 Å². The molecule has 0 aromatic carbocycles. The zero-order valence-electron chi connectivity index (χ0n) is 17.8. The van der Waals surface area contributed by atoms with Gasteiger partial charge in [-0.15, -0.1) is 0 Å². The number of amides is 3. The van der Waals surface area contributed by atoms with Gasteiger partial charge in [0.15, 0.2) is 0 Å². The average molecular weight is 479 g/mol. The maximum absolute atomic E-state index is 12.7. The molecular formula is C18H30N4O9S. The van der Waals surface area contributed by atoms with E-state index in [1.54, 1.807) is 6.26 Å². The first kappa shape index (κ1) is 29.1. The SMILES string of the molecule is CSCCC(NC(=O)C(CCC(=O)O)NC(=O)C(N)CCC(=O)O)C(=O)NC(C)C(=O)O. The van der Waals surface area contributed by atoms with Crippen LogP contribution in [0.5, 0.6) is 0 Å². The highest BCUT2D eigenvalue weighted by molar-refractivity contribution is 7.98. The Hall–Kier alpha value is -2.87. The number of carbonyl (C=O) groups excluding carboxylic acids is 3. The largest absolute Gasteiger partial charge is 0.481 e. The highest BCUT2D eigenvalue weighted by Gasteiger charge is 2.29. The molecule has 0 aromatic rings. The molecule has 0 saturated heterocycles. The number of carboxylic acid groups (broad SMARTS) is 3. The fraction of sp³-hybridized carbons (Fsp3) is 0.667. The molecule has 4 atom stereocenters. The van der Waals surface area contributed by atoms with Gasteiger partial charge >= 0.3 is 17.9 Å². The summed E-state index contributed by atoms with van der Waals surface area (Å²) in [5, 5.41) is 33.5. The van der Waals surface area contributed by atoms with Crippen molar-refractivity contribution < 1.29 is 44.1 Å². The first-order valence-electron chi connectivity index (χ1n) is 9.71. The minimum atomic E-state index is -1.35. The summed E-state index contributed by atoms with van der Waals surface area (Å²) >= 11 is 1.38. The Labute approximate surface area is 188 Å². The maximum Gasteiger partial charge on any atom is 0.325 e. The van der Waals surface area contributed by atoms with E-state index in [-0.39, 0.29) is 25.7 Å². The van der Waals surface area contributed by atoms with Gasteiger partial charge in [0.1, 0.15) is 18.1 Å². The van der Waals surface area contributed by atoms with Crippen LogP contribution in [-0.4, -0.2) is 87.1 Å². The quantitative estimate of drug-likeness (QED) is 0.133. The third-order valence-electron chi connectivity index (χ3n) is 4.26. The van der Waals surface area contributed by atoms with Crippen molar-refractivity contribution in [1.82, 2.24) is 16.0 Å². The molecule has 0 rings (SSSR count). The van der Waals surface area contributed by atoms with E-state index in [4.69, 9.17) is 21.1 Å². The van der Waals surface area contributed by atoms with Crippen LogP contribution in [0.1, 0.15) is 39.0 Å². The van der Waals surface area contributed by atoms with Crippen LogP contribution in [0, 0.1) is 0 Å². The number of carboxylic acids is 3. The number of hydrogen-bond acceptors (Lipinski definition) is 8. The smallest absolute Gasteiger partial charge is 0.325 e. The van der Waals surface area contributed by atoms with E-state index < -0.39 is 66.2 Å².